The van der Waals surface area contributed by atoms with Crippen molar-refractivity contribution in [2.75, 3.05) is 0 Å². The zero-order chi connectivity index (χ0) is 20.5. The normalized spacial score (nSPS) is 58.3. The molecule has 6 aliphatic carbocycles. The maximum absolute atomic E-state index is 7.44. The van der Waals surface area contributed by atoms with Gasteiger partial charge in [0, 0.05) is 0 Å². The van der Waals surface area contributed by atoms with Crippen LogP contribution in [0.25, 0.3) is 0 Å². The molecule has 0 saturated heterocycles. The molecular weight excluding hydrogens is 359 g/mol. The Hall–Kier alpha value is 0.0649. The maximum atomic E-state index is 7.44. The van der Waals surface area contributed by atoms with Crippen LogP contribution in [0, 0.1) is 65.1 Å². The molecule has 10 unspecified atom stereocenters. The van der Waals surface area contributed by atoms with Crippen LogP contribution < -0.4 is 0 Å². The Labute approximate surface area is 188 Å². The first-order valence-electron chi connectivity index (χ1n) is 14.3. The van der Waals surface area contributed by atoms with Crippen LogP contribution in [0.5, 0.6) is 0 Å². The summed E-state index contributed by atoms with van der Waals surface area (Å²) >= 11 is 0. The molecule has 0 bridgehead atoms. The van der Waals surface area contributed by atoms with Crippen LogP contribution in [0.15, 0.2) is 0 Å². The van der Waals surface area contributed by atoms with Gasteiger partial charge in [0.2, 0.25) is 0 Å². The van der Waals surface area contributed by atoms with Crippen LogP contribution in [0.1, 0.15) is 110 Å². The van der Waals surface area contributed by atoms with Crippen molar-refractivity contribution >= 4 is 7.85 Å². The van der Waals surface area contributed by atoms with Gasteiger partial charge in [0.1, 0.15) is 0 Å². The fourth-order valence-electron chi connectivity index (χ4n) is 11.1. The van der Waals surface area contributed by atoms with Crippen LogP contribution in [-0.4, -0.2) is 7.85 Å². The third-order valence-corrected chi connectivity index (χ3v) is 12.4. The molecule has 0 aromatic heterocycles. The molecule has 0 nitrogen and oxygen atoms in total. The molecule has 1 heteroatoms. The Kier molecular flexibility index (Phi) is 5.39. The molecule has 2 radical (unpaired) electrons. The van der Waals surface area contributed by atoms with Crippen molar-refractivity contribution in [2.45, 2.75) is 115 Å². The van der Waals surface area contributed by atoms with Gasteiger partial charge in [-0.3, -0.25) is 0 Å². The van der Waals surface area contributed by atoms with Crippen LogP contribution in [0.4, 0.5) is 0 Å². The van der Waals surface area contributed by atoms with E-state index < -0.39 is 0 Å². The molecule has 6 saturated carbocycles. The van der Waals surface area contributed by atoms with Gasteiger partial charge in [0.25, 0.3) is 0 Å². The lowest BCUT2D eigenvalue weighted by Crippen LogP contribution is -2.48. The van der Waals surface area contributed by atoms with Gasteiger partial charge in [-0.1, -0.05) is 70.5 Å². The quantitative estimate of drug-likeness (QED) is 0.386. The van der Waals surface area contributed by atoms with E-state index in [4.69, 9.17) is 7.85 Å². The monoisotopic (exact) mass is 406 g/mol. The molecular formula is C29H47B. The van der Waals surface area contributed by atoms with Gasteiger partial charge in [-0.2, -0.15) is 0 Å². The molecule has 0 amide bonds. The number of rotatable bonds is 1. The predicted molar refractivity (Wildman–Crippen MR) is 127 cm³/mol. The van der Waals surface area contributed by atoms with E-state index in [0.29, 0.717) is 0 Å². The van der Waals surface area contributed by atoms with Crippen molar-refractivity contribution in [1.29, 1.82) is 0 Å². The van der Waals surface area contributed by atoms with Gasteiger partial charge in [0.05, 0.1) is 7.85 Å². The maximum Gasteiger partial charge on any atom is 0.0750 e. The van der Waals surface area contributed by atoms with Crippen molar-refractivity contribution in [2.24, 2.45) is 65.1 Å². The highest BCUT2D eigenvalue weighted by molar-refractivity contribution is 6.15. The minimum atomic E-state index is 0.125. The van der Waals surface area contributed by atoms with E-state index in [0.717, 1.165) is 65.1 Å². The summed E-state index contributed by atoms with van der Waals surface area (Å²) in [5, 5.41) is 0.125. The fraction of sp³-hybridized carbons (Fsp3) is 1.00. The Balaban J connectivity index is 1.34. The van der Waals surface area contributed by atoms with Crippen molar-refractivity contribution in [1.82, 2.24) is 0 Å². The van der Waals surface area contributed by atoms with E-state index in [1.54, 1.807) is 25.7 Å². The highest BCUT2D eigenvalue weighted by atomic mass is 14.7. The lowest BCUT2D eigenvalue weighted by atomic mass is 9.48. The first-order valence-corrected chi connectivity index (χ1v) is 14.3. The third-order valence-electron chi connectivity index (χ3n) is 12.4. The van der Waals surface area contributed by atoms with Gasteiger partial charge in [-0.05, 0) is 110 Å². The summed E-state index contributed by atoms with van der Waals surface area (Å²) < 4.78 is 0. The Morgan fingerprint density at radius 1 is 0.567 bits per heavy atom. The number of hydrogen-bond acceptors (Lipinski definition) is 0. The first-order chi connectivity index (χ1) is 14.6. The summed E-state index contributed by atoms with van der Waals surface area (Å²) in [4.78, 5) is 0. The second-order valence-electron chi connectivity index (χ2n) is 13.6. The average molecular weight is 407 g/mol. The van der Waals surface area contributed by atoms with E-state index in [-0.39, 0.29) is 5.31 Å². The standard InChI is InChI=1S/C29H47B/c1-18-11-13-20(14-12-18)24-17-26-28(23-10-6-5-9-22(23)24)27-21-8-4-3-7-19(21)15-16-25(27)29(26,2)30/h18-28H,3-17H2,1-2H3. The van der Waals surface area contributed by atoms with Crippen molar-refractivity contribution in [3.05, 3.63) is 0 Å². The molecule has 0 aromatic carbocycles. The minimum absolute atomic E-state index is 0.125. The highest BCUT2D eigenvalue weighted by Gasteiger charge is 2.64. The molecule has 166 valence electrons. The largest absolute Gasteiger partial charge is 0.0750 e. The number of hydrogen-bond donors (Lipinski definition) is 0. The topological polar surface area (TPSA) is 0 Å². The van der Waals surface area contributed by atoms with E-state index in [2.05, 4.69) is 13.8 Å². The van der Waals surface area contributed by atoms with Gasteiger partial charge < -0.3 is 0 Å². The predicted octanol–water partition coefficient (Wildman–Crippen LogP) is 8.06. The molecule has 6 aliphatic rings. The lowest BCUT2D eigenvalue weighted by molar-refractivity contribution is -0.0572. The average Bonchev–Trinajstić information content (AvgIpc) is 3.01. The smallest absolute Gasteiger partial charge is 0.0671 e. The third kappa shape index (κ3) is 3.13. The van der Waals surface area contributed by atoms with Gasteiger partial charge in [-0.25, -0.2) is 0 Å². The van der Waals surface area contributed by atoms with Crippen LogP contribution in [0.2, 0.25) is 5.31 Å². The Bertz CT molecular complexity index is 616. The van der Waals surface area contributed by atoms with Gasteiger partial charge in [0.15, 0.2) is 0 Å². The lowest BCUT2D eigenvalue weighted by Gasteiger charge is -2.55. The van der Waals surface area contributed by atoms with Crippen molar-refractivity contribution < 1.29 is 0 Å². The molecule has 0 spiro atoms. The summed E-state index contributed by atoms with van der Waals surface area (Å²) in [6.07, 6.45) is 22.9. The van der Waals surface area contributed by atoms with Crippen LogP contribution in [-0.2, 0) is 0 Å². The van der Waals surface area contributed by atoms with Gasteiger partial charge >= 0.3 is 0 Å². The Morgan fingerprint density at radius 3 is 1.90 bits per heavy atom. The molecule has 0 N–H and O–H groups in total. The molecule has 30 heavy (non-hydrogen) atoms. The summed E-state index contributed by atoms with van der Waals surface area (Å²) in [7, 11) is 7.44. The minimum Gasteiger partial charge on any atom is -0.0671 e. The van der Waals surface area contributed by atoms with Crippen molar-refractivity contribution in [3.63, 3.8) is 0 Å². The second-order valence-corrected chi connectivity index (χ2v) is 13.6. The highest BCUT2D eigenvalue weighted by Crippen LogP contribution is 2.72. The fourth-order valence-corrected chi connectivity index (χ4v) is 11.1. The Morgan fingerprint density at radius 2 is 1.13 bits per heavy atom. The summed E-state index contributed by atoms with van der Waals surface area (Å²) in [5.41, 5.74) is 0. The van der Waals surface area contributed by atoms with Crippen molar-refractivity contribution in [3.8, 4) is 0 Å². The molecule has 0 aliphatic heterocycles. The summed E-state index contributed by atoms with van der Waals surface area (Å²) in [6, 6.07) is 0. The molecule has 0 heterocycles. The second kappa shape index (κ2) is 7.83. The first kappa shape index (κ1) is 20.7. The molecule has 10 atom stereocenters. The van der Waals surface area contributed by atoms with E-state index in [1.807, 2.05) is 0 Å². The summed E-state index contributed by atoms with van der Waals surface area (Å²) in [6.45, 7) is 5.04. The SMILES string of the molecule is [B]C1(C)C2CCC3CCCCC3C2C2C3CCCCC3C(C3CCC(C)CC3)CC21. The van der Waals surface area contributed by atoms with Crippen LogP contribution in [0.3, 0.4) is 0 Å². The molecule has 0 aromatic rings. The zero-order valence-electron chi connectivity index (χ0n) is 20.0. The zero-order valence-corrected chi connectivity index (χ0v) is 20.0. The van der Waals surface area contributed by atoms with E-state index >= 15 is 0 Å². The molecule has 6 rings (SSSR count). The van der Waals surface area contributed by atoms with E-state index in [1.165, 1.54) is 70.6 Å². The summed E-state index contributed by atoms with van der Waals surface area (Å²) in [5.74, 6) is 11.0. The van der Waals surface area contributed by atoms with Gasteiger partial charge in [-0.15, -0.1) is 0 Å². The molecule has 6 fully saturated rings. The number of fused-ring (bicyclic) bond motifs is 7. The van der Waals surface area contributed by atoms with Crippen LogP contribution >= 0.6 is 0 Å². The van der Waals surface area contributed by atoms with E-state index in [9.17, 15) is 0 Å².